The first-order valence-corrected chi connectivity index (χ1v) is 14.0. The van der Waals surface area contributed by atoms with Gasteiger partial charge in [-0.3, -0.25) is 0 Å². The summed E-state index contributed by atoms with van der Waals surface area (Å²) in [6.45, 7) is 0. The minimum Gasteiger partial charge on any atom is -0.310 e. The van der Waals surface area contributed by atoms with Crippen LogP contribution in [0.4, 0.5) is 17.1 Å². The molecule has 0 fully saturated rings. The molecule has 0 aliphatic heterocycles. The molecule has 6 aromatic rings. The van der Waals surface area contributed by atoms with E-state index < -0.39 is 0 Å². The first-order chi connectivity index (χ1) is 20.4. The molecule has 196 valence electrons. The van der Waals surface area contributed by atoms with Gasteiger partial charge in [0, 0.05) is 17.1 Å². The first-order valence-electron chi connectivity index (χ1n) is 14.0. The van der Waals surface area contributed by atoms with Gasteiger partial charge in [-0.2, -0.15) is 0 Å². The van der Waals surface area contributed by atoms with Crippen molar-refractivity contribution in [2.45, 2.75) is 0 Å². The molecular weight excluding hydrogens is 494 g/mol. The summed E-state index contributed by atoms with van der Waals surface area (Å²) >= 11 is 0. The molecule has 0 saturated carbocycles. The Labute approximate surface area is 243 Å². The molecule has 0 atom stereocenters. The minimum absolute atomic E-state index is 1.11. The van der Waals surface area contributed by atoms with Crippen LogP contribution in [0, 0.1) is 0 Å². The van der Waals surface area contributed by atoms with Crippen LogP contribution in [-0.2, 0) is 0 Å². The zero-order valence-electron chi connectivity index (χ0n) is 22.8. The van der Waals surface area contributed by atoms with Gasteiger partial charge in [0.2, 0.25) is 0 Å². The molecular formula is C40H31N. The van der Waals surface area contributed by atoms with Gasteiger partial charge in [0.15, 0.2) is 0 Å². The van der Waals surface area contributed by atoms with Crippen LogP contribution >= 0.6 is 0 Å². The smallest absolute Gasteiger partial charge is 0.0468 e. The number of hydrogen-bond acceptors (Lipinski definition) is 1. The molecule has 0 N–H and O–H groups in total. The summed E-state index contributed by atoms with van der Waals surface area (Å²) in [7, 11) is 0. The molecule has 0 aliphatic carbocycles. The number of rotatable bonds is 8. The maximum atomic E-state index is 2.31. The van der Waals surface area contributed by atoms with Gasteiger partial charge in [0.25, 0.3) is 0 Å². The average Bonchev–Trinajstić information content (AvgIpc) is 3.06. The lowest BCUT2D eigenvalue weighted by atomic mass is 9.96. The van der Waals surface area contributed by atoms with E-state index in [1.54, 1.807) is 0 Å². The van der Waals surface area contributed by atoms with Gasteiger partial charge < -0.3 is 4.90 Å². The van der Waals surface area contributed by atoms with Crippen LogP contribution in [0.3, 0.4) is 0 Å². The van der Waals surface area contributed by atoms with Gasteiger partial charge in [0.1, 0.15) is 0 Å². The molecule has 1 heteroatoms. The lowest BCUT2D eigenvalue weighted by molar-refractivity contribution is 1.28. The van der Waals surface area contributed by atoms with E-state index in [0.29, 0.717) is 0 Å². The molecule has 0 aliphatic rings. The highest BCUT2D eigenvalue weighted by Crippen LogP contribution is 2.38. The fourth-order valence-corrected chi connectivity index (χ4v) is 5.14. The SMILES string of the molecule is C(=Cc1ccc(N(c2ccccc2)c2ccccc2)cc1-c1ccccc1)C=C(c1ccccc1)c1ccccc1. The van der Waals surface area contributed by atoms with Crippen molar-refractivity contribution < 1.29 is 0 Å². The van der Waals surface area contributed by atoms with Crippen LogP contribution in [0.15, 0.2) is 182 Å². The maximum absolute atomic E-state index is 2.31. The van der Waals surface area contributed by atoms with Crippen molar-refractivity contribution >= 4 is 28.7 Å². The Hall–Kier alpha value is -5.40. The van der Waals surface area contributed by atoms with Crippen LogP contribution < -0.4 is 4.90 Å². The molecule has 0 spiro atoms. The second-order valence-corrected chi connectivity index (χ2v) is 9.82. The number of nitrogens with zero attached hydrogens (tertiary/aromatic N) is 1. The van der Waals surface area contributed by atoms with E-state index in [0.717, 1.165) is 22.6 Å². The van der Waals surface area contributed by atoms with E-state index >= 15 is 0 Å². The van der Waals surface area contributed by atoms with E-state index in [4.69, 9.17) is 0 Å². The summed E-state index contributed by atoms with van der Waals surface area (Å²) in [5.41, 5.74) is 10.5. The number of anilines is 3. The summed E-state index contributed by atoms with van der Waals surface area (Å²) in [4.78, 5) is 2.31. The third kappa shape index (κ3) is 6.11. The van der Waals surface area contributed by atoms with Gasteiger partial charge in [-0.1, -0.05) is 152 Å². The molecule has 6 rings (SSSR count). The van der Waals surface area contributed by atoms with E-state index in [9.17, 15) is 0 Å². The van der Waals surface area contributed by atoms with Crippen molar-refractivity contribution in [3.05, 3.63) is 199 Å². The maximum Gasteiger partial charge on any atom is 0.0468 e. The van der Waals surface area contributed by atoms with E-state index in [2.05, 4.69) is 193 Å². The largest absolute Gasteiger partial charge is 0.310 e. The molecule has 1 nitrogen and oxygen atoms in total. The number of para-hydroxylation sites is 2. The first kappa shape index (κ1) is 25.9. The summed E-state index contributed by atoms with van der Waals surface area (Å²) in [6, 6.07) is 59.6. The lowest BCUT2D eigenvalue weighted by Gasteiger charge is -2.26. The van der Waals surface area contributed by atoms with Crippen molar-refractivity contribution in [3.63, 3.8) is 0 Å². The van der Waals surface area contributed by atoms with Crippen LogP contribution in [0.1, 0.15) is 16.7 Å². The molecule has 0 heterocycles. The molecule has 0 unspecified atom stereocenters. The van der Waals surface area contributed by atoms with E-state index in [-0.39, 0.29) is 0 Å². The Bertz CT molecular complexity index is 1660. The third-order valence-corrected chi connectivity index (χ3v) is 7.12. The van der Waals surface area contributed by atoms with Gasteiger partial charge in [0.05, 0.1) is 0 Å². The Balaban J connectivity index is 1.45. The normalized spacial score (nSPS) is 10.8. The predicted octanol–water partition coefficient (Wildman–Crippen LogP) is 11.0. The van der Waals surface area contributed by atoms with Crippen LogP contribution in [0.25, 0.3) is 22.8 Å². The molecule has 0 bridgehead atoms. The molecule has 6 aromatic carbocycles. The summed E-state index contributed by atoms with van der Waals surface area (Å²) in [5, 5.41) is 0. The second kappa shape index (κ2) is 12.6. The number of hydrogen-bond donors (Lipinski definition) is 0. The zero-order valence-corrected chi connectivity index (χ0v) is 22.8. The molecule has 0 radical (unpaired) electrons. The van der Waals surface area contributed by atoms with Crippen molar-refractivity contribution in [1.82, 2.24) is 0 Å². The number of allylic oxidation sites excluding steroid dienone is 2. The quantitative estimate of drug-likeness (QED) is 0.179. The van der Waals surface area contributed by atoms with Gasteiger partial charge in [-0.25, -0.2) is 0 Å². The van der Waals surface area contributed by atoms with Crippen molar-refractivity contribution in [2.75, 3.05) is 4.90 Å². The van der Waals surface area contributed by atoms with Gasteiger partial charge >= 0.3 is 0 Å². The standard InChI is InChI=1S/C40H31N/c1-6-17-32(18-7-1)39(33-19-8-2-9-20-33)28-16-23-35-29-30-38(31-40(35)34-21-10-3-11-22-34)41(36-24-12-4-13-25-36)37-26-14-5-15-27-37/h1-31H. The Morgan fingerprint density at radius 3 is 1.41 bits per heavy atom. The third-order valence-electron chi connectivity index (χ3n) is 7.12. The molecule has 41 heavy (non-hydrogen) atoms. The fraction of sp³-hybridized carbons (Fsp3) is 0. The average molecular weight is 526 g/mol. The zero-order chi connectivity index (χ0) is 27.7. The van der Waals surface area contributed by atoms with Crippen molar-refractivity contribution in [1.29, 1.82) is 0 Å². The Kier molecular flexibility index (Phi) is 7.97. The fourth-order valence-electron chi connectivity index (χ4n) is 5.14. The topological polar surface area (TPSA) is 3.24 Å². The number of benzene rings is 6. The molecule has 0 amide bonds. The van der Waals surface area contributed by atoms with E-state index in [1.165, 1.54) is 27.8 Å². The van der Waals surface area contributed by atoms with Gasteiger partial charge in [-0.15, -0.1) is 0 Å². The predicted molar refractivity (Wildman–Crippen MR) is 176 cm³/mol. The van der Waals surface area contributed by atoms with Crippen molar-refractivity contribution in [3.8, 4) is 11.1 Å². The molecule has 0 aromatic heterocycles. The summed E-state index contributed by atoms with van der Waals surface area (Å²) in [6.07, 6.45) is 6.60. The molecule has 0 saturated heterocycles. The summed E-state index contributed by atoms with van der Waals surface area (Å²) in [5.74, 6) is 0. The second-order valence-electron chi connectivity index (χ2n) is 9.82. The van der Waals surface area contributed by atoms with Crippen LogP contribution in [-0.4, -0.2) is 0 Å². The highest BCUT2D eigenvalue weighted by molar-refractivity contribution is 5.85. The van der Waals surface area contributed by atoms with Crippen molar-refractivity contribution in [2.24, 2.45) is 0 Å². The lowest BCUT2D eigenvalue weighted by Crippen LogP contribution is -2.10. The highest BCUT2D eigenvalue weighted by atomic mass is 15.1. The van der Waals surface area contributed by atoms with Crippen LogP contribution in [0.5, 0.6) is 0 Å². The summed E-state index contributed by atoms with van der Waals surface area (Å²) < 4.78 is 0. The minimum atomic E-state index is 1.11. The van der Waals surface area contributed by atoms with Gasteiger partial charge in [-0.05, 0) is 69.8 Å². The Morgan fingerprint density at radius 1 is 0.439 bits per heavy atom. The monoisotopic (exact) mass is 525 g/mol. The highest BCUT2D eigenvalue weighted by Gasteiger charge is 2.14. The van der Waals surface area contributed by atoms with E-state index in [1.807, 2.05) is 0 Å². The Morgan fingerprint density at radius 2 is 0.902 bits per heavy atom. The van der Waals surface area contributed by atoms with Crippen LogP contribution in [0.2, 0.25) is 0 Å².